The molecule has 0 heterocycles. The molecule has 0 radical (unpaired) electrons. The Hall–Kier alpha value is -2.46. The Bertz CT molecular complexity index is 840. The van der Waals surface area contributed by atoms with Gasteiger partial charge in [-0.15, -0.1) is 0 Å². The van der Waals surface area contributed by atoms with E-state index in [0.29, 0.717) is 19.3 Å². The molecule has 0 fully saturated rings. The van der Waals surface area contributed by atoms with Crippen LogP contribution in [0.5, 0.6) is 0 Å². The van der Waals surface area contributed by atoms with Crippen molar-refractivity contribution in [2.45, 2.75) is 58.5 Å². The van der Waals surface area contributed by atoms with Crippen molar-refractivity contribution < 1.29 is 38.2 Å². The predicted molar refractivity (Wildman–Crippen MR) is 131 cm³/mol. The number of carboxylic acid groups (broad SMARTS) is 1. The average molecular weight is 516 g/mol. The van der Waals surface area contributed by atoms with Crippen molar-refractivity contribution in [3.63, 3.8) is 0 Å². The van der Waals surface area contributed by atoms with Crippen LogP contribution in [0, 0.1) is 6.92 Å². The first-order valence-electron chi connectivity index (χ1n) is 11.7. The maximum absolute atomic E-state index is 12.7. The number of hydrogen-bond acceptors (Lipinski definition) is 7. The van der Waals surface area contributed by atoms with E-state index in [1.807, 2.05) is 31.2 Å². The fraction of sp³-hybridized carbons (Fsp3) is 0.609. The van der Waals surface area contributed by atoms with E-state index < -0.39 is 37.6 Å². The molecule has 35 heavy (non-hydrogen) atoms. The maximum Gasteiger partial charge on any atom is 0.405 e. The Morgan fingerprint density at radius 3 is 2.20 bits per heavy atom. The minimum absolute atomic E-state index is 0.159. The molecule has 0 aliphatic heterocycles. The summed E-state index contributed by atoms with van der Waals surface area (Å²) in [6, 6.07) is 6.12. The van der Waals surface area contributed by atoms with Gasteiger partial charge in [0.15, 0.2) is 0 Å². The van der Waals surface area contributed by atoms with E-state index in [2.05, 4.69) is 16.0 Å². The zero-order chi connectivity index (χ0) is 26.3. The molecular formula is C23H38N3O8P. The van der Waals surface area contributed by atoms with Gasteiger partial charge >= 0.3 is 13.7 Å². The van der Waals surface area contributed by atoms with Gasteiger partial charge in [-0.25, -0.2) is 4.79 Å². The highest BCUT2D eigenvalue weighted by Crippen LogP contribution is 2.47. The number of benzene rings is 1. The van der Waals surface area contributed by atoms with Crippen molar-refractivity contribution >= 4 is 25.5 Å². The number of hydrogen-bond donors (Lipinski definition) is 5. The number of unbranched alkanes of at least 4 members (excludes halogenated alkanes) is 1. The van der Waals surface area contributed by atoms with Gasteiger partial charge in [0.05, 0.1) is 25.9 Å². The largest absolute Gasteiger partial charge is 0.465 e. The second kappa shape index (κ2) is 16.3. The van der Waals surface area contributed by atoms with E-state index in [9.17, 15) is 24.1 Å². The molecule has 0 saturated carbocycles. The molecule has 198 valence electrons. The summed E-state index contributed by atoms with van der Waals surface area (Å²) in [5, 5.41) is 26.3. The van der Waals surface area contributed by atoms with Gasteiger partial charge in [0, 0.05) is 6.54 Å². The Kier molecular flexibility index (Phi) is 14.2. The van der Waals surface area contributed by atoms with Crippen molar-refractivity contribution in [2.24, 2.45) is 0 Å². The molecule has 1 rings (SSSR count). The normalized spacial score (nSPS) is 13.0. The zero-order valence-electron chi connectivity index (χ0n) is 20.6. The summed E-state index contributed by atoms with van der Waals surface area (Å²) in [6.07, 6.45) is -0.204. The Balaban J connectivity index is 2.52. The number of aryl methyl sites for hydroxylation is 1. The topological polar surface area (TPSA) is 163 Å². The Labute approximate surface area is 206 Å². The van der Waals surface area contributed by atoms with Crippen LogP contribution in [-0.4, -0.2) is 72.7 Å². The molecule has 1 aromatic carbocycles. The standard InChI is InChI=1S/C23H38N3O8P/c1-4-33-35(32,34-5-2)16-21(28)24-13-7-6-8-20(26-23(30)31)22(29)25-19(15-27)14-18-11-9-17(3)10-12-18/h9-12,19-20,26-27H,4-8,13-16H2,1-3H3,(H,24,28)(H,25,29)(H,30,31)/t19-,20?/m0/s1. The molecule has 0 spiro atoms. The van der Waals surface area contributed by atoms with Crippen LogP contribution in [0.2, 0.25) is 0 Å². The average Bonchev–Trinajstić information content (AvgIpc) is 2.78. The smallest absolute Gasteiger partial charge is 0.405 e. The first-order valence-corrected chi connectivity index (χ1v) is 13.5. The van der Waals surface area contributed by atoms with E-state index in [1.165, 1.54) is 0 Å². The van der Waals surface area contributed by atoms with Crippen molar-refractivity contribution in [3.05, 3.63) is 35.4 Å². The molecule has 0 bridgehead atoms. The molecule has 11 nitrogen and oxygen atoms in total. The first kappa shape index (κ1) is 30.6. The van der Waals surface area contributed by atoms with Gasteiger partial charge in [-0.05, 0) is 52.0 Å². The van der Waals surface area contributed by atoms with Crippen LogP contribution in [-0.2, 0) is 29.6 Å². The van der Waals surface area contributed by atoms with Crippen LogP contribution in [0.3, 0.4) is 0 Å². The van der Waals surface area contributed by atoms with Crippen molar-refractivity contribution in [1.29, 1.82) is 0 Å². The third-order valence-electron chi connectivity index (χ3n) is 5.01. The maximum atomic E-state index is 12.7. The highest BCUT2D eigenvalue weighted by molar-refractivity contribution is 7.54. The summed E-state index contributed by atoms with van der Waals surface area (Å²) >= 11 is 0. The quantitative estimate of drug-likeness (QED) is 0.156. The zero-order valence-corrected chi connectivity index (χ0v) is 21.5. The van der Waals surface area contributed by atoms with Gasteiger partial charge in [-0.3, -0.25) is 14.2 Å². The molecule has 3 amide bonds. The minimum atomic E-state index is -3.48. The number of nitrogens with one attached hydrogen (secondary N) is 3. The summed E-state index contributed by atoms with van der Waals surface area (Å²) in [7, 11) is -3.48. The van der Waals surface area contributed by atoms with E-state index >= 15 is 0 Å². The fourth-order valence-corrected chi connectivity index (χ4v) is 4.85. The fourth-order valence-electron chi connectivity index (χ4n) is 3.34. The number of carbonyl (C=O) groups excluding carboxylic acids is 2. The summed E-state index contributed by atoms with van der Waals surface area (Å²) < 4.78 is 22.6. The number of amides is 3. The Morgan fingerprint density at radius 2 is 1.66 bits per heavy atom. The predicted octanol–water partition coefficient (Wildman–Crippen LogP) is 2.20. The van der Waals surface area contributed by atoms with E-state index in [-0.39, 0.29) is 38.9 Å². The lowest BCUT2D eigenvalue weighted by Crippen LogP contribution is -2.50. The van der Waals surface area contributed by atoms with Crippen LogP contribution in [0.1, 0.15) is 44.2 Å². The van der Waals surface area contributed by atoms with Gasteiger partial charge in [0.25, 0.3) is 0 Å². The summed E-state index contributed by atoms with van der Waals surface area (Å²) in [6.45, 7) is 5.56. The third kappa shape index (κ3) is 12.7. The molecule has 0 aliphatic rings. The Morgan fingerprint density at radius 1 is 1.03 bits per heavy atom. The number of aliphatic hydroxyl groups excluding tert-OH is 1. The SMILES string of the molecule is CCOP(=O)(CC(=O)NCCCCC(NC(=O)O)C(=O)N[C@H](CO)Cc1ccc(C)cc1)OCC. The second-order valence-electron chi connectivity index (χ2n) is 8.03. The monoisotopic (exact) mass is 515 g/mol. The van der Waals surface area contributed by atoms with Crippen LogP contribution in [0.4, 0.5) is 4.79 Å². The van der Waals surface area contributed by atoms with Crippen LogP contribution in [0.25, 0.3) is 0 Å². The van der Waals surface area contributed by atoms with Crippen molar-refractivity contribution in [2.75, 3.05) is 32.5 Å². The molecule has 0 aromatic heterocycles. The number of carbonyl (C=O) groups is 3. The van der Waals surface area contributed by atoms with Crippen molar-refractivity contribution in [3.8, 4) is 0 Å². The minimum Gasteiger partial charge on any atom is -0.465 e. The van der Waals surface area contributed by atoms with Crippen LogP contribution < -0.4 is 16.0 Å². The van der Waals surface area contributed by atoms with Gasteiger partial charge in [0.2, 0.25) is 11.8 Å². The molecule has 1 aromatic rings. The first-order chi connectivity index (χ1) is 16.6. The molecule has 1 unspecified atom stereocenters. The third-order valence-corrected chi connectivity index (χ3v) is 6.99. The highest BCUT2D eigenvalue weighted by atomic mass is 31.2. The van der Waals surface area contributed by atoms with E-state index in [1.54, 1.807) is 13.8 Å². The molecule has 2 atom stereocenters. The summed E-state index contributed by atoms with van der Waals surface area (Å²) in [5.74, 6) is -1.01. The van der Waals surface area contributed by atoms with Crippen LogP contribution >= 0.6 is 7.60 Å². The second-order valence-corrected chi connectivity index (χ2v) is 10.1. The molecule has 12 heteroatoms. The molecule has 0 saturated heterocycles. The lowest BCUT2D eigenvalue weighted by atomic mass is 10.0. The summed E-state index contributed by atoms with van der Waals surface area (Å²) in [5.41, 5.74) is 2.03. The molecular weight excluding hydrogens is 477 g/mol. The lowest BCUT2D eigenvalue weighted by Gasteiger charge is -2.22. The van der Waals surface area contributed by atoms with Gasteiger partial charge in [-0.1, -0.05) is 29.8 Å². The van der Waals surface area contributed by atoms with Gasteiger partial charge in [-0.2, -0.15) is 0 Å². The van der Waals surface area contributed by atoms with Crippen LogP contribution in [0.15, 0.2) is 24.3 Å². The molecule has 0 aliphatic carbocycles. The number of aliphatic hydroxyl groups is 1. The lowest BCUT2D eigenvalue weighted by molar-refractivity contribution is -0.124. The van der Waals surface area contributed by atoms with Crippen molar-refractivity contribution in [1.82, 2.24) is 16.0 Å². The van der Waals surface area contributed by atoms with Gasteiger partial charge < -0.3 is 35.2 Å². The summed E-state index contributed by atoms with van der Waals surface area (Å²) in [4.78, 5) is 35.9. The van der Waals surface area contributed by atoms with Gasteiger partial charge in [0.1, 0.15) is 12.2 Å². The van der Waals surface area contributed by atoms with E-state index in [0.717, 1.165) is 11.1 Å². The number of rotatable bonds is 17. The highest BCUT2D eigenvalue weighted by Gasteiger charge is 2.27. The molecule has 5 N–H and O–H groups in total. The van der Waals surface area contributed by atoms with E-state index in [4.69, 9.17) is 14.2 Å².